The maximum absolute atomic E-state index is 13.0. The molecule has 1 fully saturated rings. The summed E-state index contributed by atoms with van der Waals surface area (Å²) < 4.78 is 5.36. The fourth-order valence-corrected chi connectivity index (χ4v) is 3.47. The molecule has 28 heavy (non-hydrogen) atoms. The van der Waals surface area contributed by atoms with E-state index in [2.05, 4.69) is 20.2 Å². The van der Waals surface area contributed by atoms with Crippen molar-refractivity contribution in [2.24, 2.45) is 0 Å². The van der Waals surface area contributed by atoms with Gasteiger partial charge in [0.25, 0.3) is 5.91 Å². The molecule has 1 aromatic carbocycles. The van der Waals surface area contributed by atoms with Crippen molar-refractivity contribution in [3.8, 4) is 11.3 Å². The standard InChI is InChI=1S/C21H21ClN4O2/c22-16-3-4-19-17(12-16)18(13-20(25-19)15-2-1-5-23-14-15)21(27)24-6-7-26-8-10-28-11-9-26/h1-5,12-14H,6-11H2,(H,24,27). The molecule has 0 unspecified atom stereocenters. The summed E-state index contributed by atoms with van der Waals surface area (Å²) in [5.74, 6) is -0.131. The average molecular weight is 397 g/mol. The lowest BCUT2D eigenvalue weighted by molar-refractivity contribution is 0.0383. The summed E-state index contributed by atoms with van der Waals surface area (Å²) in [6.07, 6.45) is 3.45. The Bertz CT molecular complexity index is 975. The molecule has 7 heteroatoms. The van der Waals surface area contributed by atoms with E-state index in [-0.39, 0.29) is 5.91 Å². The summed E-state index contributed by atoms with van der Waals surface area (Å²) >= 11 is 6.17. The van der Waals surface area contributed by atoms with E-state index in [1.54, 1.807) is 30.6 Å². The molecule has 0 aliphatic carbocycles. The van der Waals surface area contributed by atoms with Crippen LogP contribution in [0.5, 0.6) is 0 Å². The Morgan fingerprint density at radius 3 is 2.86 bits per heavy atom. The van der Waals surface area contributed by atoms with Gasteiger partial charge >= 0.3 is 0 Å². The van der Waals surface area contributed by atoms with Gasteiger partial charge in [-0.1, -0.05) is 11.6 Å². The Morgan fingerprint density at radius 2 is 2.07 bits per heavy atom. The lowest BCUT2D eigenvalue weighted by atomic mass is 10.0. The molecule has 144 valence electrons. The van der Waals surface area contributed by atoms with Crippen molar-refractivity contribution in [3.05, 3.63) is 59.4 Å². The molecule has 0 saturated carbocycles. The number of nitrogens with zero attached hydrogens (tertiary/aromatic N) is 3. The van der Waals surface area contributed by atoms with Gasteiger partial charge in [-0.3, -0.25) is 14.7 Å². The Labute approximate surface area is 168 Å². The second kappa shape index (κ2) is 8.65. The van der Waals surface area contributed by atoms with Crippen LogP contribution in [0.15, 0.2) is 48.8 Å². The van der Waals surface area contributed by atoms with Crippen molar-refractivity contribution < 1.29 is 9.53 Å². The summed E-state index contributed by atoms with van der Waals surface area (Å²) in [6.45, 7) is 4.66. The first kappa shape index (κ1) is 18.8. The summed E-state index contributed by atoms with van der Waals surface area (Å²) in [5, 5.41) is 4.34. The summed E-state index contributed by atoms with van der Waals surface area (Å²) in [7, 11) is 0. The van der Waals surface area contributed by atoms with Crippen LogP contribution in [0.4, 0.5) is 0 Å². The number of halogens is 1. The van der Waals surface area contributed by atoms with Gasteiger partial charge in [0.2, 0.25) is 0 Å². The monoisotopic (exact) mass is 396 g/mol. The highest BCUT2D eigenvalue weighted by atomic mass is 35.5. The third-order valence-corrected chi connectivity index (χ3v) is 5.03. The molecule has 1 aliphatic heterocycles. The summed E-state index contributed by atoms with van der Waals surface area (Å²) in [4.78, 5) is 24.1. The highest BCUT2D eigenvalue weighted by molar-refractivity contribution is 6.31. The molecular formula is C21H21ClN4O2. The van der Waals surface area contributed by atoms with Crippen molar-refractivity contribution in [2.75, 3.05) is 39.4 Å². The van der Waals surface area contributed by atoms with E-state index in [1.165, 1.54) is 0 Å². The lowest BCUT2D eigenvalue weighted by Gasteiger charge is -2.26. The highest BCUT2D eigenvalue weighted by Gasteiger charge is 2.15. The molecular weight excluding hydrogens is 376 g/mol. The van der Waals surface area contributed by atoms with Crippen LogP contribution < -0.4 is 5.32 Å². The Hall–Kier alpha value is -2.54. The van der Waals surface area contributed by atoms with E-state index in [4.69, 9.17) is 16.3 Å². The maximum atomic E-state index is 13.0. The van der Waals surface area contributed by atoms with Crippen molar-refractivity contribution in [1.29, 1.82) is 0 Å². The van der Waals surface area contributed by atoms with E-state index in [1.807, 2.05) is 18.2 Å². The maximum Gasteiger partial charge on any atom is 0.252 e. The van der Waals surface area contributed by atoms with E-state index < -0.39 is 0 Å². The number of pyridine rings is 2. The number of fused-ring (bicyclic) bond motifs is 1. The minimum atomic E-state index is -0.131. The third kappa shape index (κ3) is 4.30. The van der Waals surface area contributed by atoms with E-state index in [0.717, 1.165) is 49.3 Å². The number of amides is 1. The number of carbonyl (C=O) groups is 1. The van der Waals surface area contributed by atoms with E-state index in [0.29, 0.717) is 22.8 Å². The molecule has 0 atom stereocenters. The minimum absolute atomic E-state index is 0.131. The topological polar surface area (TPSA) is 67.4 Å². The number of hydrogen-bond donors (Lipinski definition) is 1. The van der Waals surface area contributed by atoms with Crippen LogP contribution in [-0.4, -0.2) is 60.2 Å². The average Bonchev–Trinajstić information content (AvgIpc) is 2.74. The number of hydrogen-bond acceptors (Lipinski definition) is 5. The van der Waals surface area contributed by atoms with Gasteiger partial charge in [-0.2, -0.15) is 0 Å². The van der Waals surface area contributed by atoms with Gasteiger partial charge in [-0.15, -0.1) is 0 Å². The Morgan fingerprint density at radius 1 is 1.21 bits per heavy atom. The van der Waals surface area contributed by atoms with Gasteiger partial charge in [0.1, 0.15) is 0 Å². The quantitative estimate of drug-likeness (QED) is 0.718. The van der Waals surface area contributed by atoms with Crippen LogP contribution in [-0.2, 0) is 4.74 Å². The lowest BCUT2D eigenvalue weighted by Crippen LogP contribution is -2.41. The second-order valence-electron chi connectivity index (χ2n) is 6.67. The Kier molecular flexibility index (Phi) is 5.81. The molecule has 3 heterocycles. The van der Waals surface area contributed by atoms with Crippen molar-refractivity contribution in [2.45, 2.75) is 0 Å². The minimum Gasteiger partial charge on any atom is -0.379 e. The number of nitrogens with one attached hydrogen (secondary N) is 1. The normalized spacial score (nSPS) is 14.9. The number of carbonyl (C=O) groups excluding carboxylic acids is 1. The molecule has 2 aromatic heterocycles. The number of aromatic nitrogens is 2. The number of ether oxygens (including phenoxy) is 1. The molecule has 0 bridgehead atoms. The van der Waals surface area contributed by atoms with Crippen LogP contribution in [0.1, 0.15) is 10.4 Å². The Balaban J connectivity index is 1.60. The predicted octanol–water partition coefficient (Wildman–Crippen LogP) is 3.01. The first-order valence-corrected chi connectivity index (χ1v) is 9.67. The summed E-state index contributed by atoms with van der Waals surface area (Å²) in [5.41, 5.74) is 2.86. The largest absolute Gasteiger partial charge is 0.379 e. The molecule has 0 radical (unpaired) electrons. The van der Waals surface area contributed by atoms with Crippen LogP contribution in [0.2, 0.25) is 5.02 Å². The zero-order valence-electron chi connectivity index (χ0n) is 15.4. The van der Waals surface area contributed by atoms with Crippen molar-refractivity contribution in [3.63, 3.8) is 0 Å². The van der Waals surface area contributed by atoms with E-state index >= 15 is 0 Å². The van der Waals surface area contributed by atoms with Gasteiger partial charge in [0.15, 0.2) is 0 Å². The first-order chi connectivity index (χ1) is 13.7. The number of morpholine rings is 1. The van der Waals surface area contributed by atoms with Gasteiger partial charge in [0, 0.05) is 54.5 Å². The molecule has 6 nitrogen and oxygen atoms in total. The zero-order valence-corrected chi connectivity index (χ0v) is 16.2. The van der Waals surface area contributed by atoms with Crippen molar-refractivity contribution >= 4 is 28.4 Å². The van der Waals surface area contributed by atoms with Gasteiger partial charge in [-0.05, 0) is 36.4 Å². The second-order valence-corrected chi connectivity index (χ2v) is 7.10. The molecule has 1 aliphatic rings. The zero-order chi connectivity index (χ0) is 19.3. The van der Waals surface area contributed by atoms with Gasteiger partial charge in [0.05, 0.1) is 30.0 Å². The number of benzene rings is 1. The van der Waals surface area contributed by atoms with Crippen LogP contribution in [0.25, 0.3) is 22.2 Å². The van der Waals surface area contributed by atoms with Crippen LogP contribution >= 0.6 is 11.6 Å². The van der Waals surface area contributed by atoms with E-state index in [9.17, 15) is 4.79 Å². The third-order valence-electron chi connectivity index (χ3n) is 4.79. The molecule has 3 aromatic rings. The SMILES string of the molecule is O=C(NCCN1CCOCC1)c1cc(-c2cccnc2)nc2ccc(Cl)cc12. The van der Waals surface area contributed by atoms with Gasteiger partial charge < -0.3 is 10.1 Å². The fourth-order valence-electron chi connectivity index (χ4n) is 3.30. The van der Waals surface area contributed by atoms with Crippen LogP contribution in [0, 0.1) is 0 Å². The molecule has 1 N–H and O–H groups in total. The molecule has 4 rings (SSSR count). The highest BCUT2D eigenvalue weighted by Crippen LogP contribution is 2.26. The molecule has 0 spiro atoms. The number of rotatable bonds is 5. The molecule has 1 amide bonds. The van der Waals surface area contributed by atoms with Crippen LogP contribution in [0.3, 0.4) is 0 Å². The predicted molar refractivity (Wildman–Crippen MR) is 110 cm³/mol. The van der Waals surface area contributed by atoms with Gasteiger partial charge in [-0.25, -0.2) is 4.98 Å². The first-order valence-electron chi connectivity index (χ1n) is 9.30. The summed E-state index contributed by atoms with van der Waals surface area (Å²) in [6, 6.07) is 11.0. The smallest absolute Gasteiger partial charge is 0.252 e. The fraction of sp³-hybridized carbons (Fsp3) is 0.286. The molecule has 1 saturated heterocycles. The van der Waals surface area contributed by atoms with Crippen molar-refractivity contribution in [1.82, 2.24) is 20.2 Å².